The van der Waals surface area contributed by atoms with Gasteiger partial charge in [0.1, 0.15) is 10.7 Å². The van der Waals surface area contributed by atoms with Gasteiger partial charge in [-0.1, -0.05) is 42.8 Å². The Bertz CT molecular complexity index is 1260. The van der Waals surface area contributed by atoms with E-state index in [-0.39, 0.29) is 18.3 Å². The summed E-state index contributed by atoms with van der Waals surface area (Å²) in [5.74, 6) is 0.240. The number of amides is 1. The number of aromatic nitrogens is 3. The summed E-state index contributed by atoms with van der Waals surface area (Å²) in [6.45, 7) is 4.55. The first-order valence-corrected chi connectivity index (χ1v) is 11.7. The lowest BCUT2D eigenvalue weighted by molar-refractivity contribution is 0.0732. The summed E-state index contributed by atoms with van der Waals surface area (Å²) in [5.41, 5.74) is 2.26. The van der Waals surface area contributed by atoms with Crippen LogP contribution in [0.25, 0.3) is 11.5 Å². The number of hydrogen-bond acceptors (Lipinski definition) is 6. The molecule has 0 N–H and O–H groups in total. The maximum atomic E-state index is 13.3. The third-order valence-electron chi connectivity index (χ3n) is 4.98. The van der Waals surface area contributed by atoms with Crippen molar-refractivity contribution in [2.24, 2.45) is 0 Å². The molecule has 4 aromatic rings. The maximum Gasteiger partial charge on any atom is 0.266 e. The highest BCUT2D eigenvalue weighted by molar-refractivity contribution is 7.13. The Labute approximate surface area is 200 Å². The van der Waals surface area contributed by atoms with Crippen molar-refractivity contribution in [1.29, 1.82) is 0 Å². The molecule has 2 aromatic carbocycles. The average Bonchev–Trinajstić information content (AvgIpc) is 3.41. The molecule has 0 aliphatic rings. The van der Waals surface area contributed by atoms with Crippen LogP contribution in [0.3, 0.4) is 0 Å². The van der Waals surface area contributed by atoms with Gasteiger partial charge in [0, 0.05) is 13.0 Å². The number of benzene rings is 2. The molecule has 0 bridgehead atoms. The predicted octanol–water partition coefficient (Wildman–Crippen LogP) is 5.94. The molecule has 0 saturated carbocycles. The average molecular weight is 485 g/mol. The topological polar surface area (TPSA) is 72.1 Å². The van der Waals surface area contributed by atoms with Crippen molar-refractivity contribution in [2.75, 3.05) is 6.54 Å². The summed E-state index contributed by atoms with van der Waals surface area (Å²) >= 11 is 7.58. The van der Waals surface area contributed by atoms with Crippen LogP contribution in [-0.2, 0) is 13.0 Å². The molecule has 1 amide bonds. The predicted molar refractivity (Wildman–Crippen MR) is 126 cm³/mol. The van der Waals surface area contributed by atoms with Crippen molar-refractivity contribution in [1.82, 2.24) is 20.1 Å². The molecule has 4 rings (SSSR count). The molecule has 9 heteroatoms. The number of hydrogen-bond donors (Lipinski definition) is 0. The van der Waals surface area contributed by atoms with Crippen molar-refractivity contribution in [3.63, 3.8) is 0 Å². The van der Waals surface area contributed by atoms with E-state index in [1.54, 1.807) is 29.2 Å². The van der Waals surface area contributed by atoms with E-state index in [9.17, 15) is 9.18 Å². The van der Waals surface area contributed by atoms with Gasteiger partial charge in [-0.15, -0.1) is 21.5 Å². The minimum absolute atomic E-state index is 0.130. The summed E-state index contributed by atoms with van der Waals surface area (Å²) in [6.07, 6.45) is 1.31. The lowest BCUT2D eigenvalue weighted by Crippen LogP contribution is -2.31. The van der Waals surface area contributed by atoms with Gasteiger partial charge in [0.2, 0.25) is 11.8 Å². The van der Waals surface area contributed by atoms with Crippen LogP contribution in [0.5, 0.6) is 0 Å². The Morgan fingerprint density at radius 3 is 2.64 bits per heavy atom. The quantitative estimate of drug-likeness (QED) is 0.309. The van der Waals surface area contributed by atoms with Gasteiger partial charge < -0.3 is 9.32 Å². The number of carbonyl (C=O) groups excluding carboxylic acids is 1. The van der Waals surface area contributed by atoms with Crippen molar-refractivity contribution in [2.45, 2.75) is 33.2 Å². The molecule has 0 atom stereocenters. The Kier molecular flexibility index (Phi) is 7.15. The van der Waals surface area contributed by atoms with Crippen LogP contribution in [0, 0.1) is 12.7 Å². The third-order valence-corrected chi connectivity index (χ3v) is 6.46. The van der Waals surface area contributed by atoms with Crippen LogP contribution in [0.4, 0.5) is 4.39 Å². The number of aryl methyl sites for hydroxylation is 1. The van der Waals surface area contributed by atoms with Crippen molar-refractivity contribution in [3.8, 4) is 11.5 Å². The molecular weight excluding hydrogens is 463 g/mol. The summed E-state index contributed by atoms with van der Waals surface area (Å²) < 4.78 is 19.0. The molecule has 170 valence electrons. The van der Waals surface area contributed by atoms with Crippen LogP contribution in [0.2, 0.25) is 5.02 Å². The Morgan fingerprint density at radius 1 is 1.15 bits per heavy atom. The van der Waals surface area contributed by atoms with Crippen LogP contribution in [0.1, 0.15) is 45.2 Å². The Hall–Kier alpha value is -3.10. The van der Waals surface area contributed by atoms with E-state index >= 15 is 0 Å². The smallest absolute Gasteiger partial charge is 0.266 e. The fraction of sp³-hybridized carbons (Fsp3) is 0.250. The standard InChI is InChI=1S/C24H22ClFN4O2S/c1-3-12-30(14-20-28-29-23(32-20)18-6-4-5-7-19(18)25)24(31)22-15(2)27-21(33-22)13-16-8-10-17(26)11-9-16/h4-11H,3,12-14H2,1-2H3. The van der Waals surface area contributed by atoms with Gasteiger partial charge in [0.15, 0.2) is 0 Å². The molecule has 0 saturated heterocycles. The van der Waals surface area contributed by atoms with Crippen LogP contribution < -0.4 is 0 Å². The fourth-order valence-electron chi connectivity index (χ4n) is 3.39. The molecule has 2 aromatic heterocycles. The lowest BCUT2D eigenvalue weighted by Gasteiger charge is -2.19. The molecule has 2 heterocycles. The molecule has 0 radical (unpaired) electrons. The van der Waals surface area contributed by atoms with Crippen LogP contribution in [-0.4, -0.2) is 32.5 Å². The number of carbonyl (C=O) groups is 1. The van der Waals surface area contributed by atoms with Crippen LogP contribution in [0.15, 0.2) is 52.9 Å². The van der Waals surface area contributed by atoms with Gasteiger partial charge in [-0.3, -0.25) is 4.79 Å². The second kappa shape index (κ2) is 10.2. The molecule has 0 aliphatic heterocycles. The van der Waals surface area contributed by atoms with E-state index in [2.05, 4.69) is 15.2 Å². The molecule has 33 heavy (non-hydrogen) atoms. The highest BCUT2D eigenvalue weighted by atomic mass is 35.5. The van der Waals surface area contributed by atoms with E-state index < -0.39 is 0 Å². The maximum absolute atomic E-state index is 13.3. The fourth-order valence-corrected chi connectivity index (χ4v) is 4.68. The number of halogens is 2. The zero-order valence-corrected chi connectivity index (χ0v) is 19.8. The second-order valence-corrected chi connectivity index (χ2v) is 9.02. The van der Waals surface area contributed by atoms with Gasteiger partial charge in [0.05, 0.1) is 27.8 Å². The molecule has 0 fully saturated rings. The lowest BCUT2D eigenvalue weighted by atomic mass is 10.1. The first-order valence-electron chi connectivity index (χ1n) is 10.5. The number of rotatable bonds is 8. The molecule has 0 spiro atoms. The Balaban J connectivity index is 1.51. The van der Waals surface area contributed by atoms with E-state index in [0.29, 0.717) is 45.9 Å². The molecule has 0 aliphatic carbocycles. The zero-order chi connectivity index (χ0) is 23.4. The van der Waals surface area contributed by atoms with E-state index in [0.717, 1.165) is 17.0 Å². The normalized spacial score (nSPS) is 11.0. The SMILES string of the molecule is CCCN(Cc1nnc(-c2ccccc2Cl)o1)C(=O)c1sc(Cc2ccc(F)cc2)nc1C. The Morgan fingerprint density at radius 2 is 1.91 bits per heavy atom. The summed E-state index contributed by atoms with van der Waals surface area (Å²) in [4.78, 5) is 20.2. The minimum atomic E-state index is -0.279. The largest absolute Gasteiger partial charge is 0.419 e. The van der Waals surface area contributed by atoms with Gasteiger partial charge in [-0.2, -0.15) is 0 Å². The molecular formula is C24H22ClFN4O2S. The first-order chi connectivity index (χ1) is 15.9. The van der Waals surface area contributed by atoms with E-state index in [1.165, 1.54) is 23.5 Å². The first kappa shape index (κ1) is 23.1. The minimum Gasteiger partial charge on any atom is -0.419 e. The van der Waals surface area contributed by atoms with Crippen LogP contribution >= 0.6 is 22.9 Å². The highest BCUT2D eigenvalue weighted by Gasteiger charge is 2.23. The summed E-state index contributed by atoms with van der Waals surface area (Å²) in [6, 6.07) is 13.5. The van der Waals surface area contributed by atoms with E-state index in [1.807, 2.05) is 26.0 Å². The van der Waals surface area contributed by atoms with Gasteiger partial charge in [-0.25, -0.2) is 9.37 Å². The molecule has 0 unspecified atom stereocenters. The number of nitrogens with zero attached hydrogens (tertiary/aromatic N) is 4. The second-order valence-electron chi connectivity index (χ2n) is 7.53. The van der Waals surface area contributed by atoms with Gasteiger partial charge in [0.25, 0.3) is 5.91 Å². The summed E-state index contributed by atoms with van der Waals surface area (Å²) in [7, 11) is 0. The summed E-state index contributed by atoms with van der Waals surface area (Å²) in [5, 5.41) is 9.52. The highest BCUT2D eigenvalue weighted by Crippen LogP contribution is 2.27. The van der Waals surface area contributed by atoms with Gasteiger partial charge in [-0.05, 0) is 43.2 Å². The van der Waals surface area contributed by atoms with Gasteiger partial charge >= 0.3 is 0 Å². The third kappa shape index (κ3) is 5.46. The zero-order valence-electron chi connectivity index (χ0n) is 18.2. The monoisotopic (exact) mass is 484 g/mol. The van der Waals surface area contributed by atoms with E-state index in [4.69, 9.17) is 16.0 Å². The molecule has 6 nitrogen and oxygen atoms in total. The number of thiazole rings is 1. The van der Waals surface area contributed by atoms with Crippen molar-refractivity contribution in [3.05, 3.63) is 86.4 Å². The van der Waals surface area contributed by atoms with Crippen molar-refractivity contribution < 1.29 is 13.6 Å². The van der Waals surface area contributed by atoms with Crippen molar-refractivity contribution >= 4 is 28.8 Å².